The summed E-state index contributed by atoms with van der Waals surface area (Å²) in [6, 6.07) is 5.77. The highest BCUT2D eigenvalue weighted by atomic mass is 79.9. The monoisotopic (exact) mass is 338 g/mol. The third-order valence-corrected chi connectivity index (χ3v) is 3.89. The second-order valence-corrected chi connectivity index (χ2v) is 5.75. The number of carboxylic acids is 1. The maximum atomic E-state index is 11.0. The minimum Gasteiger partial charge on any atom is -0.481 e. The maximum absolute atomic E-state index is 11.0. The summed E-state index contributed by atoms with van der Waals surface area (Å²) in [6.45, 7) is 5.35. The molecule has 6 heteroatoms. The van der Waals surface area contributed by atoms with Crippen molar-refractivity contribution in [3.05, 3.63) is 34.1 Å². The Morgan fingerprint density at radius 2 is 2.10 bits per heavy atom. The van der Waals surface area contributed by atoms with Crippen molar-refractivity contribution < 1.29 is 14.4 Å². The first-order valence-corrected chi connectivity index (χ1v) is 7.02. The van der Waals surface area contributed by atoms with Gasteiger partial charge in [-0.25, -0.2) is 0 Å². The average Bonchev–Trinajstić information content (AvgIpc) is 2.86. The molecule has 0 aliphatic carbocycles. The summed E-state index contributed by atoms with van der Waals surface area (Å²) in [5.41, 5.74) is 1.89. The lowest BCUT2D eigenvalue weighted by molar-refractivity contribution is -0.141. The van der Waals surface area contributed by atoms with Gasteiger partial charge in [-0.1, -0.05) is 34.9 Å². The van der Waals surface area contributed by atoms with Gasteiger partial charge >= 0.3 is 5.97 Å². The minimum absolute atomic E-state index is 0.329. The minimum atomic E-state index is -0.878. The molecule has 20 heavy (non-hydrogen) atoms. The molecule has 0 aliphatic heterocycles. The van der Waals surface area contributed by atoms with E-state index in [4.69, 9.17) is 9.63 Å². The van der Waals surface area contributed by atoms with E-state index in [-0.39, 0.29) is 5.92 Å². The smallest absolute Gasteiger partial charge is 0.307 e. The van der Waals surface area contributed by atoms with Gasteiger partial charge < -0.3 is 9.63 Å². The maximum Gasteiger partial charge on any atom is 0.307 e. The molecule has 1 N–H and O–H groups in total. The van der Waals surface area contributed by atoms with Gasteiger partial charge in [-0.15, -0.1) is 0 Å². The first kappa shape index (κ1) is 14.7. The third kappa shape index (κ3) is 2.90. The first-order chi connectivity index (χ1) is 9.40. The molecule has 0 saturated carbocycles. The van der Waals surface area contributed by atoms with Gasteiger partial charge in [0, 0.05) is 16.0 Å². The Bertz CT molecular complexity index is 639. The summed E-state index contributed by atoms with van der Waals surface area (Å²) in [6.07, 6.45) is 0. The predicted octanol–water partition coefficient (Wildman–Crippen LogP) is 3.63. The lowest BCUT2D eigenvalue weighted by atomic mass is 9.96. The summed E-state index contributed by atoms with van der Waals surface area (Å²) < 4.78 is 6.18. The molecule has 1 aromatic heterocycles. The van der Waals surface area contributed by atoms with E-state index in [2.05, 4.69) is 26.1 Å². The number of aromatic nitrogens is 2. The molecule has 2 rings (SSSR count). The molecule has 0 amide bonds. The number of halogens is 1. The fourth-order valence-electron chi connectivity index (χ4n) is 1.84. The summed E-state index contributed by atoms with van der Waals surface area (Å²) in [5.74, 6) is -0.956. The van der Waals surface area contributed by atoms with E-state index >= 15 is 0 Å². The second-order valence-electron chi connectivity index (χ2n) is 4.83. The molecule has 0 radical (unpaired) electrons. The molecule has 2 atom stereocenters. The largest absolute Gasteiger partial charge is 0.481 e. The standard InChI is InChI=1S/C14H15BrN2O3/c1-7-6-10(15)4-5-11(7)12-16-13(20-17-12)8(2)9(3)14(18)19/h4-6,8-9H,1-3H3,(H,18,19). The molecule has 0 spiro atoms. The molecular weight excluding hydrogens is 324 g/mol. The van der Waals surface area contributed by atoms with Crippen LogP contribution in [-0.2, 0) is 4.79 Å². The van der Waals surface area contributed by atoms with Gasteiger partial charge in [-0.2, -0.15) is 4.98 Å². The van der Waals surface area contributed by atoms with E-state index in [0.29, 0.717) is 11.7 Å². The van der Waals surface area contributed by atoms with Crippen LogP contribution in [0.15, 0.2) is 27.2 Å². The zero-order valence-corrected chi connectivity index (χ0v) is 13.0. The van der Waals surface area contributed by atoms with Crippen LogP contribution in [0.3, 0.4) is 0 Å². The van der Waals surface area contributed by atoms with Crippen LogP contribution < -0.4 is 0 Å². The van der Waals surface area contributed by atoms with Crippen molar-refractivity contribution in [2.45, 2.75) is 26.7 Å². The zero-order valence-electron chi connectivity index (χ0n) is 11.4. The number of benzene rings is 1. The molecule has 5 nitrogen and oxygen atoms in total. The fraction of sp³-hybridized carbons (Fsp3) is 0.357. The number of carboxylic acid groups (broad SMARTS) is 1. The zero-order chi connectivity index (χ0) is 14.9. The van der Waals surface area contributed by atoms with Gasteiger partial charge in [0.15, 0.2) is 0 Å². The van der Waals surface area contributed by atoms with Gasteiger partial charge in [0.2, 0.25) is 11.7 Å². The highest BCUT2D eigenvalue weighted by molar-refractivity contribution is 9.10. The van der Waals surface area contributed by atoms with E-state index in [1.807, 2.05) is 25.1 Å². The first-order valence-electron chi connectivity index (χ1n) is 6.23. The highest BCUT2D eigenvalue weighted by Crippen LogP contribution is 2.28. The average molecular weight is 339 g/mol. The van der Waals surface area contributed by atoms with E-state index in [9.17, 15) is 4.79 Å². The van der Waals surface area contributed by atoms with Crippen LogP contribution in [0.2, 0.25) is 0 Å². The number of hydrogen-bond acceptors (Lipinski definition) is 4. The van der Waals surface area contributed by atoms with Crippen molar-refractivity contribution in [3.8, 4) is 11.4 Å². The predicted molar refractivity (Wildman–Crippen MR) is 77.4 cm³/mol. The molecule has 0 bridgehead atoms. The lowest BCUT2D eigenvalue weighted by Gasteiger charge is -2.10. The van der Waals surface area contributed by atoms with Crippen molar-refractivity contribution in [1.82, 2.24) is 10.1 Å². The van der Waals surface area contributed by atoms with Gasteiger partial charge in [-0.3, -0.25) is 4.79 Å². The van der Waals surface area contributed by atoms with Crippen molar-refractivity contribution >= 4 is 21.9 Å². The number of aryl methyl sites for hydroxylation is 1. The Balaban J connectivity index is 2.31. The van der Waals surface area contributed by atoms with Crippen LogP contribution >= 0.6 is 15.9 Å². The summed E-state index contributed by atoms with van der Waals surface area (Å²) in [4.78, 5) is 15.3. The van der Waals surface area contributed by atoms with Gasteiger partial charge in [0.1, 0.15) is 0 Å². The topological polar surface area (TPSA) is 76.2 Å². The van der Waals surface area contributed by atoms with Gasteiger partial charge in [0.05, 0.1) is 5.92 Å². The molecule has 0 fully saturated rings. The van der Waals surface area contributed by atoms with E-state index in [1.54, 1.807) is 13.8 Å². The van der Waals surface area contributed by atoms with Crippen molar-refractivity contribution in [1.29, 1.82) is 0 Å². The van der Waals surface area contributed by atoms with Crippen LogP contribution in [0.5, 0.6) is 0 Å². The Labute approximate surface area is 125 Å². The normalized spacial score (nSPS) is 14.0. The molecule has 2 aromatic rings. The Morgan fingerprint density at radius 1 is 1.40 bits per heavy atom. The molecule has 2 unspecified atom stereocenters. The van der Waals surface area contributed by atoms with Crippen LogP contribution in [0.25, 0.3) is 11.4 Å². The number of aliphatic carboxylic acids is 1. The molecular formula is C14H15BrN2O3. The van der Waals surface area contributed by atoms with E-state index < -0.39 is 11.9 Å². The van der Waals surface area contributed by atoms with Crippen LogP contribution in [-0.4, -0.2) is 21.2 Å². The Morgan fingerprint density at radius 3 is 2.70 bits per heavy atom. The summed E-state index contributed by atoms with van der Waals surface area (Å²) in [7, 11) is 0. The number of carbonyl (C=O) groups is 1. The Kier molecular flexibility index (Phi) is 4.23. The van der Waals surface area contributed by atoms with E-state index in [0.717, 1.165) is 15.6 Å². The molecule has 0 saturated heterocycles. The lowest BCUT2D eigenvalue weighted by Crippen LogP contribution is -2.16. The van der Waals surface area contributed by atoms with E-state index in [1.165, 1.54) is 0 Å². The second kappa shape index (κ2) is 5.75. The van der Waals surface area contributed by atoms with Crippen LogP contribution in [0.1, 0.15) is 31.2 Å². The van der Waals surface area contributed by atoms with Crippen molar-refractivity contribution in [2.75, 3.05) is 0 Å². The van der Waals surface area contributed by atoms with Gasteiger partial charge in [-0.05, 0) is 30.7 Å². The molecule has 0 aliphatic rings. The summed E-state index contributed by atoms with van der Waals surface area (Å²) >= 11 is 3.40. The SMILES string of the molecule is Cc1cc(Br)ccc1-c1noc(C(C)C(C)C(=O)O)n1. The molecule has 106 valence electrons. The Hall–Kier alpha value is -1.69. The fourth-order valence-corrected chi connectivity index (χ4v) is 2.31. The van der Waals surface area contributed by atoms with Crippen molar-refractivity contribution in [3.63, 3.8) is 0 Å². The molecule has 1 heterocycles. The van der Waals surface area contributed by atoms with Crippen LogP contribution in [0, 0.1) is 12.8 Å². The number of nitrogens with zero attached hydrogens (tertiary/aromatic N) is 2. The highest BCUT2D eigenvalue weighted by Gasteiger charge is 2.26. The third-order valence-electron chi connectivity index (χ3n) is 3.40. The summed E-state index contributed by atoms with van der Waals surface area (Å²) in [5, 5.41) is 13.0. The van der Waals surface area contributed by atoms with Crippen LogP contribution in [0.4, 0.5) is 0 Å². The quantitative estimate of drug-likeness (QED) is 0.920. The number of hydrogen-bond donors (Lipinski definition) is 1. The van der Waals surface area contributed by atoms with Gasteiger partial charge in [0.25, 0.3) is 0 Å². The molecule has 1 aromatic carbocycles. The van der Waals surface area contributed by atoms with Crippen molar-refractivity contribution in [2.24, 2.45) is 5.92 Å². The number of rotatable bonds is 4.